The lowest BCUT2D eigenvalue weighted by Crippen LogP contribution is -2.32. The number of hydrogen-bond acceptors (Lipinski definition) is 5. The third kappa shape index (κ3) is 4.01. The Kier molecular flexibility index (Phi) is 4.89. The highest BCUT2D eigenvalue weighted by Gasteiger charge is 2.29. The fourth-order valence-electron chi connectivity index (χ4n) is 2.04. The number of urea groups is 1. The molecule has 8 heteroatoms. The van der Waals surface area contributed by atoms with Gasteiger partial charge in [-0.05, 0) is 12.8 Å². The van der Waals surface area contributed by atoms with E-state index in [1.807, 2.05) is 12.3 Å². The molecule has 1 atom stereocenters. The summed E-state index contributed by atoms with van der Waals surface area (Å²) < 4.78 is 0. The van der Waals surface area contributed by atoms with Crippen LogP contribution in [0.3, 0.4) is 0 Å². The second kappa shape index (κ2) is 6.66. The van der Waals surface area contributed by atoms with Crippen molar-refractivity contribution in [1.82, 2.24) is 20.5 Å². The quantitative estimate of drug-likeness (QED) is 0.755. The van der Waals surface area contributed by atoms with Gasteiger partial charge in [0.1, 0.15) is 6.04 Å². The molecule has 1 fully saturated rings. The zero-order valence-electron chi connectivity index (χ0n) is 12.0. The topological polar surface area (TPSA) is 91.4 Å². The fourth-order valence-corrected chi connectivity index (χ4v) is 2.77. The molecule has 2 N–H and O–H groups in total. The molecule has 114 valence electrons. The lowest BCUT2D eigenvalue weighted by molar-refractivity contribution is -0.130. The van der Waals surface area contributed by atoms with Gasteiger partial charge in [0.2, 0.25) is 5.91 Å². The molecule has 1 aliphatic rings. The van der Waals surface area contributed by atoms with Crippen LogP contribution in [0.15, 0.2) is 5.38 Å². The van der Waals surface area contributed by atoms with Crippen LogP contribution in [0.5, 0.6) is 0 Å². The number of imide groups is 1. The van der Waals surface area contributed by atoms with Crippen molar-refractivity contribution in [2.45, 2.75) is 38.8 Å². The lowest BCUT2D eigenvalue weighted by atomic mass is 10.1. The number of aromatic nitrogens is 1. The molecule has 1 aromatic rings. The van der Waals surface area contributed by atoms with E-state index in [4.69, 9.17) is 0 Å². The Bertz CT molecular complexity index is 557. The molecular formula is C13H18N4O3S. The molecule has 0 radical (unpaired) electrons. The van der Waals surface area contributed by atoms with Crippen LogP contribution in [0.1, 0.15) is 30.5 Å². The van der Waals surface area contributed by atoms with Crippen molar-refractivity contribution in [2.24, 2.45) is 0 Å². The molecule has 0 spiro atoms. The average molecular weight is 310 g/mol. The zero-order valence-corrected chi connectivity index (χ0v) is 12.8. The van der Waals surface area contributed by atoms with Gasteiger partial charge in [0, 0.05) is 18.8 Å². The summed E-state index contributed by atoms with van der Waals surface area (Å²) in [7, 11) is 1.71. The van der Waals surface area contributed by atoms with Crippen molar-refractivity contribution in [3.8, 4) is 0 Å². The van der Waals surface area contributed by atoms with Crippen molar-refractivity contribution in [3.63, 3.8) is 0 Å². The highest BCUT2D eigenvalue weighted by Crippen LogP contribution is 2.13. The van der Waals surface area contributed by atoms with E-state index in [1.54, 1.807) is 23.3 Å². The van der Waals surface area contributed by atoms with Crippen LogP contribution in [-0.2, 0) is 22.6 Å². The zero-order chi connectivity index (χ0) is 15.4. The van der Waals surface area contributed by atoms with Gasteiger partial charge in [-0.15, -0.1) is 11.3 Å². The Labute approximate surface area is 126 Å². The molecule has 0 bridgehead atoms. The molecule has 0 saturated carbocycles. The summed E-state index contributed by atoms with van der Waals surface area (Å²) in [5.74, 6) is -0.447. The SMILES string of the molecule is CCc1nc(CN(C)C(=O)CC[C@@H]2NC(=O)NC2=O)cs1. The number of nitrogens with zero attached hydrogens (tertiary/aromatic N) is 2. The molecule has 2 heterocycles. The van der Waals surface area contributed by atoms with E-state index in [0.717, 1.165) is 17.1 Å². The molecule has 1 saturated heterocycles. The van der Waals surface area contributed by atoms with Crippen molar-refractivity contribution < 1.29 is 14.4 Å². The van der Waals surface area contributed by atoms with Gasteiger partial charge in [0.15, 0.2) is 0 Å². The summed E-state index contributed by atoms with van der Waals surface area (Å²) in [6, 6.07) is -1.11. The monoisotopic (exact) mass is 310 g/mol. The summed E-state index contributed by atoms with van der Waals surface area (Å²) in [6.45, 7) is 2.50. The standard InChI is InChI=1S/C13H18N4O3S/c1-3-10-14-8(7-21-10)6-17(2)11(18)5-4-9-12(19)16-13(20)15-9/h7,9H,3-6H2,1-2H3,(H2,15,16,19,20)/t9-/m0/s1. The largest absolute Gasteiger partial charge is 0.340 e. The molecule has 1 aliphatic heterocycles. The minimum absolute atomic E-state index is 0.0741. The number of rotatable bonds is 6. The molecule has 7 nitrogen and oxygen atoms in total. The average Bonchev–Trinajstić information content (AvgIpc) is 3.02. The third-order valence-electron chi connectivity index (χ3n) is 3.23. The van der Waals surface area contributed by atoms with Gasteiger partial charge in [0.25, 0.3) is 5.91 Å². The van der Waals surface area contributed by atoms with E-state index < -0.39 is 12.1 Å². The first kappa shape index (κ1) is 15.4. The Balaban J connectivity index is 1.79. The van der Waals surface area contributed by atoms with Gasteiger partial charge in [-0.2, -0.15) is 0 Å². The smallest absolute Gasteiger partial charge is 0.322 e. The van der Waals surface area contributed by atoms with Crippen molar-refractivity contribution in [1.29, 1.82) is 0 Å². The molecule has 1 aromatic heterocycles. The van der Waals surface area contributed by atoms with Crippen LogP contribution in [0, 0.1) is 0 Å². The maximum Gasteiger partial charge on any atom is 0.322 e. The van der Waals surface area contributed by atoms with Gasteiger partial charge in [-0.25, -0.2) is 9.78 Å². The fraction of sp³-hybridized carbons (Fsp3) is 0.538. The third-order valence-corrected chi connectivity index (χ3v) is 4.27. The Morgan fingerprint density at radius 1 is 1.48 bits per heavy atom. The van der Waals surface area contributed by atoms with Gasteiger partial charge < -0.3 is 10.2 Å². The van der Waals surface area contributed by atoms with Gasteiger partial charge >= 0.3 is 6.03 Å². The Hall–Kier alpha value is -1.96. The number of amides is 4. The maximum atomic E-state index is 12.0. The van der Waals surface area contributed by atoms with Crippen molar-refractivity contribution in [3.05, 3.63) is 16.1 Å². The number of carbonyl (C=O) groups is 3. The van der Waals surface area contributed by atoms with E-state index in [2.05, 4.69) is 15.6 Å². The first-order valence-electron chi connectivity index (χ1n) is 6.78. The van der Waals surface area contributed by atoms with E-state index in [-0.39, 0.29) is 18.2 Å². The predicted molar refractivity (Wildman–Crippen MR) is 77.7 cm³/mol. The molecular weight excluding hydrogens is 292 g/mol. The van der Waals surface area contributed by atoms with E-state index in [9.17, 15) is 14.4 Å². The highest BCUT2D eigenvalue weighted by molar-refractivity contribution is 7.09. The minimum Gasteiger partial charge on any atom is -0.340 e. The summed E-state index contributed by atoms with van der Waals surface area (Å²) in [5.41, 5.74) is 0.875. The number of aryl methyl sites for hydroxylation is 1. The Morgan fingerprint density at radius 2 is 2.24 bits per heavy atom. The van der Waals surface area contributed by atoms with Gasteiger partial charge in [-0.3, -0.25) is 14.9 Å². The second-order valence-electron chi connectivity index (χ2n) is 4.89. The number of hydrogen-bond donors (Lipinski definition) is 2. The molecule has 2 rings (SSSR count). The summed E-state index contributed by atoms with van der Waals surface area (Å²) in [4.78, 5) is 40.4. The van der Waals surface area contributed by atoms with Gasteiger partial charge in [-0.1, -0.05) is 6.92 Å². The summed E-state index contributed by atoms with van der Waals surface area (Å²) in [5, 5.41) is 7.63. The van der Waals surface area contributed by atoms with E-state index >= 15 is 0 Å². The van der Waals surface area contributed by atoms with E-state index in [0.29, 0.717) is 13.0 Å². The normalized spacial score (nSPS) is 17.5. The van der Waals surface area contributed by atoms with Crippen molar-refractivity contribution >= 4 is 29.2 Å². The van der Waals surface area contributed by atoms with Crippen LogP contribution in [-0.4, -0.2) is 40.8 Å². The Morgan fingerprint density at radius 3 is 2.81 bits per heavy atom. The number of nitrogens with one attached hydrogen (secondary N) is 2. The number of carbonyl (C=O) groups excluding carboxylic acids is 3. The van der Waals surface area contributed by atoms with Crippen molar-refractivity contribution in [2.75, 3.05) is 7.05 Å². The number of thiazole rings is 1. The minimum atomic E-state index is -0.610. The van der Waals surface area contributed by atoms with Crippen LogP contribution in [0.25, 0.3) is 0 Å². The van der Waals surface area contributed by atoms with E-state index in [1.165, 1.54) is 0 Å². The predicted octanol–water partition coefficient (Wildman–Crippen LogP) is 0.652. The lowest BCUT2D eigenvalue weighted by Gasteiger charge is -2.16. The van der Waals surface area contributed by atoms with Crippen LogP contribution < -0.4 is 10.6 Å². The highest BCUT2D eigenvalue weighted by atomic mass is 32.1. The molecule has 0 aliphatic carbocycles. The molecule has 4 amide bonds. The molecule has 0 unspecified atom stereocenters. The van der Waals surface area contributed by atoms with Crippen LogP contribution >= 0.6 is 11.3 Å². The molecule has 21 heavy (non-hydrogen) atoms. The first-order chi connectivity index (χ1) is 9.99. The summed E-state index contributed by atoms with van der Waals surface area (Å²) >= 11 is 1.59. The van der Waals surface area contributed by atoms with Gasteiger partial charge in [0.05, 0.1) is 17.2 Å². The molecule has 0 aromatic carbocycles. The first-order valence-corrected chi connectivity index (χ1v) is 7.66. The van der Waals surface area contributed by atoms with Crippen LogP contribution in [0.4, 0.5) is 4.79 Å². The second-order valence-corrected chi connectivity index (χ2v) is 5.83. The van der Waals surface area contributed by atoms with Crippen LogP contribution in [0.2, 0.25) is 0 Å². The maximum absolute atomic E-state index is 12.0. The summed E-state index contributed by atoms with van der Waals surface area (Å²) in [6.07, 6.45) is 1.40.